The van der Waals surface area contributed by atoms with E-state index in [0.29, 0.717) is 23.0 Å². The lowest BCUT2D eigenvalue weighted by Gasteiger charge is -2.07. The predicted molar refractivity (Wildman–Crippen MR) is 104 cm³/mol. The van der Waals surface area contributed by atoms with E-state index in [2.05, 4.69) is 13.8 Å². The van der Waals surface area contributed by atoms with Crippen molar-refractivity contribution >= 4 is 17.8 Å². The number of hydrogen-bond acceptors (Lipinski definition) is 5. The van der Waals surface area contributed by atoms with E-state index in [1.807, 2.05) is 12.1 Å². The lowest BCUT2D eigenvalue weighted by atomic mass is 10.0. The van der Waals surface area contributed by atoms with E-state index >= 15 is 0 Å². The molecule has 0 spiro atoms. The first-order chi connectivity index (χ1) is 12.9. The van der Waals surface area contributed by atoms with Gasteiger partial charge in [-0.05, 0) is 35.3 Å². The van der Waals surface area contributed by atoms with Crippen LogP contribution in [0.2, 0.25) is 0 Å². The molecule has 0 aliphatic rings. The van der Waals surface area contributed by atoms with Crippen LogP contribution in [0.5, 0.6) is 11.5 Å². The Hall–Kier alpha value is -3.08. The van der Waals surface area contributed by atoms with Gasteiger partial charge in [-0.2, -0.15) is 0 Å². The number of carbonyl (C=O) groups excluding carboxylic acids is 2. The Morgan fingerprint density at radius 3 is 2.07 bits per heavy atom. The maximum Gasteiger partial charge on any atom is 0.331 e. The van der Waals surface area contributed by atoms with Crippen molar-refractivity contribution in [3.63, 3.8) is 0 Å². The molecule has 2 aromatic rings. The number of ketones is 1. The van der Waals surface area contributed by atoms with Crippen LogP contribution >= 0.6 is 0 Å². The third-order valence-corrected chi connectivity index (χ3v) is 4.03. The van der Waals surface area contributed by atoms with Gasteiger partial charge in [0.25, 0.3) is 0 Å². The molecule has 0 saturated carbocycles. The standard InChI is InChI=1S/C22H24O5/c1-15(2)17-6-8-18(9-7-17)21(23)14-27-22(24)10-5-16-11-19(25-3)13-20(12-16)26-4/h5-13,15H,14H2,1-4H3/b10-5+. The first kappa shape index (κ1) is 20.2. The van der Waals surface area contributed by atoms with E-state index in [9.17, 15) is 9.59 Å². The Morgan fingerprint density at radius 2 is 1.56 bits per heavy atom. The molecule has 0 bridgehead atoms. The highest BCUT2D eigenvalue weighted by atomic mass is 16.5. The van der Waals surface area contributed by atoms with E-state index in [4.69, 9.17) is 14.2 Å². The molecule has 0 radical (unpaired) electrons. The van der Waals surface area contributed by atoms with Gasteiger partial charge in [-0.1, -0.05) is 38.1 Å². The van der Waals surface area contributed by atoms with E-state index in [1.54, 1.807) is 50.6 Å². The number of carbonyl (C=O) groups is 2. The highest BCUT2D eigenvalue weighted by Crippen LogP contribution is 2.23. The zero-order valence-corrected chi connectivity index (χ0v) is 16.0. The van der Waals surface area contributed by atoms with Crippen LogP contribution in [0.3, 0.4) is 0 Å². The van der Waals surface area contributed by atoms with Gasteiger partial charge in [0.1, 0.15) is 11.5 Å². The Morgan fingerprint density at radius 1 is 0.963 bits per heavy atom. The summed E-state index contributed by atoms with van der Waals surface area (Å²) < 4.78 is 15.4. The molecule has 5 heteroatoms. The Kier molecular flexibility index (Phi) is 7.17. The molecule has 0 fully saturated rings. The zero-order chi connectivity index (χ0) is 19.8. The summed E-state index contributed by atoms with van der Waals surface area (Å²) in [6.07, 6.45) is 2.85. The Balaban J connectivity index is 1.93. The summed E-state index contributed by atoms with van der Waals surface area (Å²) in [4.78, 5) is 24.0. The smallest absolute Gasteiger partial charge is 0.331 e. The number of benzene rings is 2. The van der Waals surface area contributed by atoms with Gasteiger partial charge in [-0.3, -0.25) is 4.79 Å². The fraction of sp³-hybridized carbons (Fsp3) is 0.273. The van der Waals surface area contributed by atoms with Crippen LogP contribution in [0.25, 0.3) is 6.08 Å². The van der Waals surface area contributed by atoms with Gasteiger partial charge < -0.3 is 14.2 Å². The minimum Gasteiger partial charge on any atom is -0.497 e. The monoisotopic (exact) mass is 368 g/mol. The molecule has 0 N–H and O–H groups in total. The summed E-state index contributed by atoms with van der Waals surface area (Å²) in [5, 5.41) is 0. The fourth-order valence-electron chi connectivity index (χ4n) is 2.41. The third-order valence-electron chi connectivity index (χ3n) is 4.03. The number of Topliss-reactive ketones (excluding diaryl/α,β-unsaturated/α-hetero) is 1. The van der Waals surface area contributed by atoms with Crippen molar-refractivity contribution < 1.29 is 23.8 Å². The van der Waals surface area contributed by atoms with Crippen LogP contribution in [0.1, 0.15) is 41.3 Å². The average molecular weight is 368 g/mol. The molecular formula is C22H24O5. The fourth-order valence-corrected chi connectivity index (χ4v) is 2.41. The summed E-state index contributed by atoms with van der Waals surface area (Å²) in [6.45, 7) is 3.87. The number of methoxy groups -OCH3 is 2. The molecule has 0 aliphatic carbocycles. The van der Waals surface area contributed by atoms with Gasteiger partial charge in [0, 0.05) is 17.7 Å². The van der Waals surface area contributed by atoms with Crippen LogP contribution in [-0.4, -0.2) is 32.6 Å². The Labute approximate surface area is 159 Å². The van der Waals surface area contributed by atoms with E-state index < -0.39 is 5.97 Å². The van der Waals surface area contributed by atoms with Crippen molar-refractivity contribution in [2.45, 2.75) is 19.8 Å². The lowest BCUT2D eigenvalue weighted by Crippen LogP contribution is -2.12. The van der Waals surface area contributed by atoms with E-state index in [1.165, 1.54) is 6.08 Å². The maximum absolute atomic E-state index is 12.1. The van der Waals surface area contributed by atoms with Crippen molar-refractivity contribution in [3.05, 3.63) is 65.2 Å². The van der Waals surface area contributed by atoms with Crippen molar-refractivity contribution in [1.82, 2.24) is 0 Å². The summed E-state index contributed by atoms with van der Waals surface area (Å²) in [5.74, 6) is 0.788. The average Bonchev–Trinajstić information content (AvgIpc) is 2.70. The van der Waals surface area contributed by atoms with Crippen LogP contribution in [0.4, 0.5) is 0 Å². The molecule has 0 saturated heterocycles. The van der Waals surface area contributed by atoms with E-state index in [-0.39, 0.29) is 12.4 Å². The largest absolute Gasteiger partial charge is 0.497 e. The molecule has 2 aromatic carbocycles. The molecular weight excluding hydrogens is 344 g/mol. The summed E-state index contributed by atoms with van der Waals surface area (Å²) >= 11 is 0. The van der Waals surface area contributed by atoms with Gasteiger partial charge in [-0.15, -0.1) is 0 Å². The van der Waals surface area contributed by atoms with Gasteiger partial charge in [0.15, 0.2) is 12.4 Å². The molecule has 2 rings (SSSR count). The summed E-state index contributed by atoms with van der Waals surface area (Å²) in [5.41, 5.74) is 2.40. The predicted octanol–water partition coefficient (Wildman–Crippen LogP) is 4.27. The lowest BCUT2D eigenvalue weighted by molar-refractivity contribution is -0.136. The quantitative estimate of drug-likeness (QED) is 0.396. The van der Waals surface area contributed by atoms with Crippen LogP contribution in [-0.2, 0) is 9.53 Å². The van der Waals surface area contributed by atoms with Gasteiger partial charge >= 0.3 is 5.97 Å². The number of esters is 1. The van der Waals surface area contributed by atoms with Crippen LogP contribution in [0, 0.1) is 0 Å². The second-order valence-electron chi connectivity index (χ2n) is 6.29. The second-order valence-corrected chi connectivity index (χ2v) is 6.29. The van der Waals surface area contributed by atoms with Crippen LogP contribution < -0.4 is 9.47 Å². The molecule has 142 valence electrons. The van der Waals surface area contributed by atoms with Crippen molar-refractivity contribution in [2.24, 2.45) is 0 Å². The van der Waals surface area contributed by atoms with Crippen molar-refractivity contribution in [1.29, 1.82) is 0 Å². The van der Waals surface area contributed by atoms with Crippen molar-refractivity contribution in [2.75, 3.05) is 20.8 Å². The molecule has 0 heterocycles. The summed E-state index contributed by atoms with van der Waals surface area (Å²) in [7, 11) is 3.10. The first-order valence-electron chi connectivity index (χ1n) is 8.64. The van der Waals surface area contributed by atoms with Gasteiger partial charge in [0.2, 0.25) is 0 Å². The Bertz CT molecular complexity index is 797. The molecule has 0 atom stereocenters. The number of rotatable bonds is 8. The first-order valence-corrected chi connectivity index (χ1v) is 8.64. The van der Waals surface area contributed by atoms with Crippen LogP contribution in [0.15, 0.2) is 48.5 Å². The molecule has 0 unspecified atom stereocenters. The minimum atomic E-state index is -0.594. The third kappa shape index (κ3) is 5.99. The molecule has 5 nitrogen and oxygen atoms in total. The van der Waals surface area contributed by atoms with E-state index in [0.717, 1.165) is 11.1 Å². The molecule has 0 aliphatic heterocycles. The maximum atomic E-state index is 12.1. The van der Waals surface area contributed by atoms with Gasteiger partial charge in [-0.25, -0.2) is 4.79 Å². The second kappa shape index (κ2) is 9.57. The number of ether oxygens (including phenoxy) is 3. The SMILES string of the molecule is COc1cc(/C=C/C(=O)OCC(=O)c2ccc(C(C)C)cc2)cc(OC)c1. The van der Waals surface area contributed by atoms with Gasteiger partial charge in [0.05, 0.1) is 14.2 Å². The molecule has 0 amide bonds. The van der Waals surface area contributed by atoms with Crippen molar-refractivity contribution in [3.8, 4) is 11.5 Å². The normalized spacial score (nSPS) is 10.9. The summed E-state index contributed by atoms with van der Waals surface area (Å²) in [6, 6.07) is 12.6. The molecule has 27 heavy (non-hydrogen) atoms. The topological polar surface area (TPSA) is 61.8 Å². The highest BCUT2D eigenvalue weighted by Gasteiger charge is 2.09. The highest BCUT2D eigenvalue weighted by molar-refractivity contribution is 5.98. The molecule has 0 aromatic heterocycles. The minimum absolute atomic E-state index is 0.241. The zero-order valence-electron chi connectivity index (χ0n) is 16.0. The number of hydrogen-bond donors (Lipinski definition) is 0.